The molecule has 4 aromatic rings. The van der Waals surface area contributed by atoms with E-state index in [2.05, 4.69) is 0 Å². The first-order valence-corrected chi connectivity index (χ1v) is 19.7. The van der Waals surface area contributed by atoms with Crippen molar-refractivity contribution in [2.75, 3.05) is 0 Å². The van der Waals surface area contributed by atoms with Gasteiger partial charge in [0.2, 0.25) is 0 Å². The average molecular weight is 749 g/mol. The van der Waals surface area contributed by atoms with Crippen LogP contribution in [0, 0.1) is 21.2 Å². The van der Waals surface area contributed by atoms with Crippen molar-refractivity contribution in [2.24, 2.45) is 0 Å². The van der Waals surface area contributed by atoms with Gasteiger partial charge >= 0.3 is 48.7 Å². The quantitative estimate of drug-likeness (QED) is 0.183. The second kappa shape index (κ2) is 15.5. The molecule has 0 unspecified atom stereocenters. The number of benzene rings is 2. The molecule has 0 fully saturated rings. The predicted molar refractivity (Wildman–Crippen MR) is 162 cm³/mol. The first-order chi connectivity index (χ1) is 19.2. The van der Waals surface area contributed by atoms with E-state index in [1.54, 1.807) is 52.0 Å². The third-order valence-corrected chi connectivity index (χ3v) is 5.53. The molecule has 0 saturated heterocycles. The molecular weight excluding hydrogens is 725 g/mol. The van der Waals surface area contributed by atoms with E-state index in [-0.39, 0.29) is 34.4 Å². The van der Waals surface area contributed by atoms with Gasteiger partial charge in [-0.25, -0.2) is 9.59 Å². The van der Waals surface area contributed by atoms with Gasteiger partial charge < -0.3 is 29.3 Å². The summed E-state index contributed by atoms with van der Waals surface area (Å²) in [6, 6.07) is 12.2. The monoisotopic (exact) mass is 748 g/mol. The number of fused-ring (bicyclic) bond motifs is 2. The van der Waals surface area contributed by atoms with Crippen LogP contribution in [0.1, 0.15) is 48.4 Å². The summed E-state index contributed by atoms with van der Waals surface area (Å²) in [6.07, 6.45) is -0.635. The topological polar surface area (TPSA) is 156 Å². The Hall–Kier alpha value is -2.64. The number of nitrogens with one attached hydrogen (secondary N) is 2. The molecule has 0 spiro atoms. The number of rotatable bonds is 4. The van der Waals surface area contributed by atoms with Gasteiger partial charge in [-0.15, -0.1) is 0 Å². The van der Waals surface area contributed by atoms with E-state index in [1.165, 1.54) is 24.3 Å². The number of halogens is 4. The summed E-state index contributed by atoms with van der Waals surface area (Å²) < 4.78 is 10.8. The number of nitrogens with zero attached hydrogens (tertiary/aromatic N) is 2. The summed E-state index contributed by atoms with van der Waals surface area (Å²) in [5.74, 6) is -1.38. The molecule has 0 atom stereocenters. The van der Waals surface area contributed by atoms with Crippen LogP contribution in [-0.4, -0.2) is 52.5 Å². The van der Waals surface area contributed by atoms with Gasteiger partial charge in [0.15, 0.2) is 0 Å². The van der Waals surface area contributed by atoms with E-state index in [1.807, 2.05) is 0 Å². The summed E-state index contributed by atoms with van der Waals surface area (Å²) in [5.41, 5.74) is -0.427. The van der Waals surface area contributed by atoms with Crippen molar-refractivity contribution in [1.29, 1.82) is 10.8 Å². The third kappa shape index (κ3) is 9.17. The third-order valence-electron chi connectivity index (χ3n) is 5.06. The van der Waals surface area contributed by atoms with Gasteiger partial charge in [0.1, 0.15) is 22.1 Å². The number of carbonyl (C=O) groups excluding carboxylic acids is 2. The second-order valence-electron chi connectivity index (χ2n) is 8.79. The normalized spacial score (nSPS) is 10.4. The number of hydrogen-bond acceptors (Lipinski definition) is 8. The van der Waals surface area contributed by atoms with E-state index in [4.69, 9.17) is 61.3 Å². The summed E-state index contributed by atoms with van der Waals surface area (Å²) in [4.78, 5) is 23.7. The SMILES string of the molecule is CC(C)OC(=O)c1cc2cc(Cl)ccc2n([O-])c1=N.CC(C)OC(=O)c1cc2cc(Cl)ccc2n([O-])c1=N.[Cl][Sn+2][Cl]. The standard InChI is InChI=1S/2C13H12ClN2O3.2ClH.Sn/c2*1-7(2)19-13(17)10-6-8-5-9(14)3-4-11(8)16(18)12(10)15;;;/h2*3-7,15H,1-2H3;2*1H;/q2*-1;;;+4/p-2. The van der Waals surface area contributed by atoms with Crippen LogP contribution in [0.2, 0.25) is 10.0 Å². The summed E-state index contributed by atoms with van der Waals surface area (Å²) in [5, 5.41) is 41.2. The van der Waals surface area contributed by atoms with Crippen molar-refractivity contribution in [1.82, 2.24) is 9.46 Å². The van der Waals surface area contributed by atoms with Gasteiger partial charge in [0.05, 0.1) is 12.2 Å². The van der Waals surface area contributed by atoms with Gasteiger partial charge in [0, 0.05) is 31.9 Å². The molecule has 0 aliphatic carbocycles. The molecule has 2 aromatic carbocycles. The van der Waals surface area contributed by atoms with Crippen molar-refractivity contribution < 1.29 is 19.1 Å². The Balaban J connectivity index is 0.000000262. The molecule has 216 valence electrons. The number of pyridine rings is 2. The molecule has 41 heavy (non-hydrogen) atoms. The van der Waals surface area contributed by atoms with Crippen molar-refractivity contribution >= 4 is 93.7 Å². The predicted octanol–water partition coefficient (Wildman–Crippen LogP) is 6.37. The van der Waals surface area contributed by atoms with Crippen molar-refractivity contribution in [2.45, 2.75) is 39.9 Å². The molecule has 2 N–H and O–H groups in total. The van der Waals surface area contributed by atoms with Crippen molar-refractivity contribution in [3.63, 3.8) is 0 Å². The molecular formula is C26H24Cl4N4O6Sn. The van der Waals surface area contributed by atoms with Crippen LogP contribution in [0.3, 0.4) is 0 Å². The zero-order valence-electron chi connectivity index (χ0n) is 22.1. The summed E-state index contributed by atoms with van der Waals surface area (Å²) >= 11 is 10.9. The fourth-order valence-electron chi connectivity index (χ4n) is 3.43. The molecule has 0 saturated carbocycles. The maximum atomic E-state index is 11.9. The van der Waals surface area contributed by atoms with E-state index in [0.29, 0.717) is 30.3 Å². The minimum absolute atomic E-state index is 0.0709. The Kier molecular flexibility index (Phi) is 13.1. The van der Waals surface area contributed by atoms with E-state index in [0.717, 1.165) is 0 Å². The molecule has 4 rings (SSSR count). The number of ether oxygens (including phenoxy) is 2. The van der Waals surface area contributed by atoms with Crippen LogP contribution >= 0.6 is 41.0 Å². The Morgan fingerprint density at radius 1 is 0.732 bits per heavy atom. The van der Waals surface area contributed by atoms with Crippen molar-refractivity contribution in [3.05, 3.63) is 91.1 Å². The number of hydrogen-bond donors (Lipinski definition) is 2. The maximum absolute atomic E-state index is 11.9. The van der Waals surface area contributed by atoms with Crippen molar-refractivity contribution in [3.8, 4) is 0 Å². The molecule has 0 amide bonds. The fraction of sp³-hybridized carbons (Fsp3) is 0.231. The van der Waals surface area contributed by atoms with Gasteiger partial charge in [-0.05, 0) is 76.2 Å². The van der Waals surface area contributed by atoms with Crippen LogP contribution in [-0.2, 0) is 9.47 Å². The van der Waals surface area contributed by atoms with Gasteiger partial charge in [-0.2, -0.15) is 0 Å². The zero-order valence-corrected chi connectivity index (χ0v) is 28.0. The first kappa shape index (κ1) is 34.6. The molecule has 0 bridgehead atoms. The van der Waals surface area contributed by atoms with Crippen LogP contribution in [0.25, 0.3) is 21.8 Å². The minimum atomic E-state index is -0.826. The Morgan fingerprint density at radius 2 is 1.05 bits per heavy atom. The molecule has 10 nitrogen and oxygen atoms in total. The molecule has 15 heteroatoms. The van der Waals surface area contributed by atoms with E-state index >= 15 is 0 Å². The fourth-order valence-corrected chi connectivity index (χ4v) is 3.79. The number of carbonyl (C=O) groups is 2. The molecule has 2 aromatic heterocycles. The van der Waals surface area contributed by atoms with Crippen LogP contribution in [0.15, 0.2) is 48.5 Å². The van der Waals surface area contributed by atoms with Gasteiger partial charge in [-0.3, -0.25) is 10.8 Å². The Morgan fingerprint density at radius 3 is 1.34 bits per heavy atom. The second-order valence-corrected chi connectivity index (χ2v) is 13.9. The van der Waals surface area contributed by atoms with Gasteiger partial charge in [-0.1, -0.05) is 23.2 Å². The summed E-state index contributed by atoms with van der Waals surface area (Å²) in [7, 11) is 9.87. The molecule has 2 heterocycles. The Bertz CT molecular complexity index is 1570. The van der Waals surface area contributed by atoms with Crippen LogP contribution < -0.4 is 11.0 Å². The zero-order chi connectivity index (χ0) is 31.0. The van der Waals surface area contributed by atoms with E-state index < -0.39 is 41.8 Å². The number of esters is 2. The first-order valence-electron chi connectivity index (χ1n) is 11.7. The van der Waals surface area contributed by atoms with E-state index in [9.17, 15) is 20.0 Å². The molecule has 0 aliphatic rings. The van der Waals surface area contributed by atoms with Crippen LogP contribution in [0.5, 0.6) is 0 Å². The van der Waals surface area contributed by atoms with Gasteiger partial charge in [0.25, 0.3) is 0 Å². The summed E-state index contributed by atoms with van der Waals surface area (Å²) in [6.45, 7) is 6.80. The molecule has 0 radical (unpaired) electrons. The molecule has 0 aliphatic heterocycles. The van der Waals surface area contributed by atoms with Crippen LogP contribution in [0.4, 0.5) is 0 Å². The average Bonchev–Trinajstić information content (AvgIpc) is 2.88. The number of aromatic nitrogens is 2. The Labute approximate surface area is 262 Å².